The lowest BCUT2D eigenvalue weighted by Crippen LogP contribution is -2.58. The highest BCUT2D eigenvalue weighted by molar-refractivity contribution is 4.84. The van der Waals surface area contributed by atoms with Crippen molar-refractivity contribution < 1.29 is 34.6 Å². The fourth-order valence-electron chi connectivity index (χ4n) is 1.10. The van der Waals surface area contributed by atoms with Crippen LogP contribution >= 0.6 is 0 Å². The van der Waals surface area contributed by atoms with Gasteiger partial charge >= 0.3 is 0 Å². The largest absolute Gasteiger partial charge is 0.387 e. The van der Waals surface area contributed by atoms with E-state index in [4.69, 9.17) is 14.9 Å². The number of aliphatic hydroxyl groups is 4. The van der Waals surface area contributed by atoms with Crippen molar-refractivity contribution in [2.24, 2.45) is 0 Å². The molecule has 5 atom stereocenters. The highest BCUT2D eigenvalue weighted by Gasteiger charge is 2.43. The van der Waals surface area contributed by atoms with Crippen LogP contribution in [0, 0.1) is 0 Å². The maximum absolute atomic E-state index is 9.33. The minimum atomic E-state index is -1.59. The average Bonchev–Trinajstić information content (AvgIpc) is 2.18. The summed E-state index contributed by atoms with van der Waals surface area (Å²) in [7, 11) is 1.37. The van der Waals surface area contributed by atoms with Gasteiger partial charge in [0.25, 0.3) is 0 Å². The maximum Gasteiger partial charge on any atom is 0.191 e. The van der Waals surface area contributed by atoms with E-state index in [1.54, 1.807) is 0 Å². The van der Waals surface area contributed by atoms with Gasteiger partial charge in [0.05, 0.1) is 0 Å². The standard InChI is InChI=1S/C7H14O7/c1-12-2-13-7-5(10)3(8)4(9)6(11)14-7/h3-11H,2H2,1H3. The molecule has 14 heavy (non-hydrogen) atoms. The highest BCUT2D eigenvalue weighted by Crippen LogP contribution is 2.20. The van der Waals surface area contributed by atoms with Crippen LogP contribution in [0.2, 0.25) is 0 Å². The van der Waals surface area contributed by atoms with Crippen LogP contribution in [0.1, 0.15) is 0 Å². The molecule has 0 amide bonds. The molecule has 7 heteroatoms. The Morgan fingerprint density at radius 1 is 1.07 bits per heavy atom. The zero-order chi connectivity index (χ0) is 10.7. The number of rotatable bonds is 3. The van der Waals surface area contributed by atoms with Crippen molar-refractivity contribution in [2.75, 3.05) is 13.9 Å². The third-order valence-corrected chi connectivity index (χ3v) is 1.89. The number of aliphatic hydroxyl groups excluding tert-OH is 4. The van der Waals surface area contributed by atoms with E-state index in [-0.39, 0.29) is 6.79 Å². The second-order valence-corrected chi connectivity index (χ2v) is 2.94. The van der Waals surface area contributed by atoms with E-state index in [1.807, 2.05) is 0 Å². The number of ether oxygens (including phenoxy) is 3. The van der Waals surface area contributed by atoms with Gasteiger partial charge in [0.1, 0.15) is 25.1 Å². The lowest BCUT2D eigenvalue weighted by Gasteiger charge is -2.37. The summed E-state index contributed by atoms with van der Waals surface area (Å²) < 4.78 is 14.0. The molecule has 1 fully saturated rings. The predicted molar refractivity (Wildman–Crippen MR) is 41.9 cm³/mol. The number of hydrogen-bond acceptors (Lipinski definition) is 7. The SMILES string of the molecule is COCOC1OC(O)C(O)C(O)C1O. The van der Waals surface area contributed by atoms with Crippen LogP contribution in [0.25, 0.3) is 0 Å². The normalized spacial score (nSPS) is 43.9. The Balaban J connectivity index is 2.52. The predicted octanol–water partition coefficient (Wildman–Crippen LogP) is -2.64. The molecule has 0 saturated carbocycles. The van der Waals surface area contributed by atoms with Crippen LogP contribution in [-0.4, -0.2) is 65.2 Å². The molecule has 1 rings (SSSR count). The van der Waals surface area contributed by atoms with E-state index in [1.165, 1.54) is 7.11 Å². The van der Waals surface area contributed by atoms with Crippen LogP contribution < -0.4 is 0 Å². The summed E-state index contributed by atoms with van der Waals surface area (Å²) >= 11 is 0. The van der Waals surface area contributed by atoms with Crippen LogP contribution in [0.3, 0.4) is 0 Å². The molecule has 0 aromatic carbocycles. The minimum Gasteiger partial charge on any atom is -0.387 e. The van der Waals surface area contributed by atoms with Gasteiger partial charge in [-0.1, -0.05) is 0 Å². The Hall–Kier alpha value is -0.280. The summed E-state index contributed by atoms with van der Waals surface area (Å²) in [5.41, 5.74) is 0. The average molecular weight is 210 g/mol. The summed E-state index contributed by atoms with van der Waals surface area (Å²) in [6.45, 7) is -0.155. The van der Waals surface area contributed by atoms with E-state index >= 15 is 0 Å². The topological polar surface area (TPSA) is 109 Å². The molecule has 7 nitrogen and oxygen atoms in total. The van der Waals surface area contributed by atoms with E-state index in [0.717, 1.165) is 0 Å². The molecular formula is C7H14O7. The quantitative estimate of drug-likeness (QED) is 0.377. The molecule has 0 aromatic rings. The van der Waals surface area contributed by atoms with Crippen molar-refractivity contribution in [1.82, 2.24) is 0 Å². The van der Waals surface area contributed by atoms with Gasteiger partial charge in [0, 0.05) is 7.11 Å². The third-order valence-electron chi connectivity index (χ3n) is 1.89. The van der Waals surface area contributed by atoms with Crippen LogP contribution in [0.5, 0.6) is 0 Å². The Labute approximate surface area is 80.4 Å². The second kappa shape index (κ2) is 4.99. The minimum absolute atomic E-state index is 0.155. The molecular weight excluding hydrogens is 196 g/mol. The van der Waals surface area contributed by atoms with E-state index in [9.17, 15) is 10.2 Å². The van der Waals surface area contributed by atoms with Crippen LogP contribution in [0.4, 0.5) is 0 Å². The molecule has 0 bridgehead atoms. The molecule has 0 radical (unpaired) electrons. The Morgan fingerprint density at radius 3 is 2.29 bits per heavy atom. The van der Waals surface area contributed by atoms with Crippen molar-refractivity contribution in [1.29, 1.82) is 0 Å². The van der Waals surface area contributed by atoms with Gasteiger partial charge < -0.3 is 34.6 Å². The van der Waals surface area contributed by atoms with Crippen molar-refractivity contribution in [3.8, 4) is 0 Å². The zero-order valence-electron chi connectivity index (χ0n) is 7.61. The summed E-state index contributed by atoms with van der Waals surface area (Å²) in [6.07, 6.45) is -7.30. The van der Waals surface area contributed by atoms with Gasteiger partial charge in [0.15, 0.2) is 12.6 Å². The first kappa shape index (κ1) is 11.8. The molecule has 0 spiro atoms. The first-order valence-corrected chi connectivity index (χ1v) is 4.06. The Morgan fingerprint density at radius 2 is 1.71 bits per heavy atom. The van der Waals surface area contributed by atoms with Crippen molar-refractivity contribution in [3.63, 3.8) is 0 Å². The van der Waals surface area contributed by atoms with Crippen LogP contribution in [0.15, 0.2) is 0 Å². The fourth-order valence-corrected chi connectivity index (χ4v) is 1.10. The molecule has 1 saturated heterocycles. The molecule has 4 N–H and O–H groups in total. The zero-order valence-corrected chi connectivity index (χ0v) is 7.61. The van der Waals surface area contributed by atoms with Gasteiger partial charge in [-0.05, 0) is 0 Å². The molecule has 1 aliphatic rings. The highest BCUT2D eigenvalue weighted by atomic mass is 16.8. The molecule has 1 heterocycles. The Bertz CT molecular complexity index is 175. The monoisotopic (exact) mass is 210 g/mol. The smallest absolute Gasteiger partial charge is 0.191 e. The number of methoxy groups -OCH3 is 1. The van der Waals surface area contributed by atoms with Crippen molar-refractivity contribution >= 4 is 0 Å². The summed E-state index contributed by atoms with van der Waals surface area (Å²) in [5.74, 6) is 0. The summed E-state index contributed by atoms with van der Waals surface area (Å²) in [6, 6.07) is 0. The molecule has 1 aliphatic heterocycles. The van der Waals surface area contributed by atoms with Gasteiger partial charge in [-0.15, -0.1) is 0 Å². The van der Waals surface area contributed by atoms with Gasteiger partial charge in [-0.2, -0.15) is 0 Å². The van der Waals surface area contributed by atoms with E-state index < -0.39 is 30.9 Å². The maximum atomic E-state index is 9.33. The van der Waals surface area contributed by atoms with Gasteiger partial charge in [-0.25, -0.2) is 0 Å². The third kappa shape index (κ3) is 2.39. The second-order valence-electron chi connectivity index (χ2n) is 2.94. The van der Waals surface area contributed by atoms with E-state index in [2.05, 4.69) is 9.47 Å². The van der Waals surface area contributed by atoms with Gasteiger partial charge in [-0.3, -0.25) is 0 Å². The van der Waals surface area contributed by atoms with Crippen molar-refractivity contribution in [2.45, 2.75) is 30.9 Å². The lowest BCUT2D eigenvalue weighted by molar-refractivity contribution is -0.349. The van der Waals surface area contributed by atoms with Gasteiger partial charge in [0.2, 0.25) is 0 Å². The molecule has 0 aliphatic carbocycles. The molecule has 84 valence electrons. The molecule has 5 unspecified atom stereocenters. The fraction of sp³-hybridized carbons (Fsp3) is 1.00. The number of hydrogen-bond donors (Lipinski definition) is 4. The summed E-state index contributed by atoms with van der Waals surface area (Å²) in [4.78, 5) is 0. The van der Waals surface area contributed by atoms with Crippen LogP contribution in [-0.2, 0) is 14.2 Å². The summed E-state index contributed by atoms with van der Waals surface area (Å²) in [5, 5.41) is 36.7. The lowest BCUT2D eigenvalue weighted by atomic mass is 10.0. The Kier molecular flexibility index (Phi) is 4.20. The molecule has 0 aromatic heterocycles. The van der Waals surface area contributed by atoms with Crippen molar-refractivity contribution in [3.05, 3.63) is 0 Å². The first-order chi connectivity index (χ1) is 6.57. The first-order valence-electron chi connectivity index (χ1n) is 4.06. The van der Waals surface area contributed by atoms with E-state index in [0.29, 0.717) is 0 Å².